The molecule has 1 heterocycles. The first-order valence-corrected chi connectivity index (χ1v) is 6.68. The van der Waals surface area contributed by atoms with E-state index in [1.807, 2.05) is 12.1 Å². The summed E-state index contributed by atoms with van der Waals surface area (Å²) in [7, 11) is 0. The van der Waals surface area contributed by atoms with Gasteiger partial charge in [-0.05, 0) is 52.0 Å². The number of hydrogen-bond acceptors (Lipinski definition) is 3. The van der Waals surface area contributed by atoms with Crippen molar-refractivity contribution in [2.24, 2.45) is 0 Å². The lowest BCUT2D eigenvalue weighted by Gasteiger charge is -2.46. The highest BCUT2D eigenvalue weighted by atomic mass is 16.3. The summed E-state index contributed by atoms with van der Waals surface area (Å²) in [5.74, 6) is 0.333. The summed E-state index contributed by atoms with van der Waals surface area (Å²) in [5, 5.41) is 9.34. The average Bonchev–Trinajstić information content (AvgIpc) is 2.29. The molecule has 3 heteroatoms. The van der Waals surface area contributed by atoms with Gasteiger partial charge in [-0.25, -0.2) is 0 Å². The van der Waals surface area contributed by atoms with E-state index in [-0.39, 0.29) is 5.54 Å². The highest BCUT2D eigenvalue weighted by molar-refractivity contribution is 5.50. The molecule has 1 aliphatic heterocycles. The Bertz CT molecular complexity index is 394. The number of aromatic hydroxyl groups is 1. The van der Waals surface area contributed by atoms with Crippen LogP contribution in [0.3, 0.4) is 0 Å². The van der Waals surface area contributed by atoms with Gasteiger partial charge in [-0.15, -0.1) is 0 Å². The predicted octanol–water partition coefficient (Wildman–Crippen LogP) is 2.70. The third-order valence-electron chi connectivity index (χ3n) is 3.76. The standard InChI is InChI=1S/C15H24N2O/c1-12-11-16(15(2,3)4)9-10-17(12)13-5-7-14(18)8-6-13/h5-8,12,18H,9-11H2,1-4H3. The SMILES string of the molecule is CC1CN(C(C)(C)C)CCN1c1ccc(O)cc1. The molecular weight excluding hydrogens is 224 g/mol. The van der Waals surface area contributed by atoms with Gasteiger partial charge in [-0.3, -0.25) is 4.90 Å². The maximum absolute atomic E-state index is 9.34. The number of piperazine rings is 1. The van der Waals surface area contributed by atoms with Gasteiger partial charge in [0.25, 0.3) is 0 Å². The van der Waals surface area contributed by atoms with Crippen molar-refractivity contribution in [1.82, 2.24) is 4.90 Å². The summed E-state index contributed by atoms with van der Waals surface area (Å²) in [5.41, 5.74) is 1.45. The van der Waals surface area contributed by atoms with Crippen molar-refractivity contribution in [3.8, 4) is 5.75 Å². The minimum absolute atomic E-state index is 0.245. The Labute approximate surface area is 110 Å². The molecule has 100 valence electrons. The third kappa shape index (κ3) is 2.78. The zero-order valence-corrected chi connectivity index (χ0v) is 11.8. The number of nitrogens with zero attached hydrogens (tertiary/aromatic N) is 2. The Morgan fingerprint density at radius 3 is 2.22 bits per heavy atom. The molecule has 18 heavy (non-hydrogen) atoms. The molecule has 1 aliphatic rings. The summed E-state index contributed by atoms with van der Waals surface area (Å²) in [4.78, 5) is 4.95. The van der Waals surface area contributed by atoms with Crippen LogP contribution in [0.2, 0.25) is 0 Å². The van der Waals surface area contributed by atoms with Gasteiger partial charge in [-0.1, -0.05) is 0 Å². The summed E-state index contributed by atoms with van der Waals surface area (Å²) in [6.07, 6.45) is 0. The van der Waals surface area contributed by atoms with Crippen LogP contribution in [0.1, 0.15) is 27.7 Å². The zero-order chi connectivity index (χ0) is 13.3. The minimum atomic E-state index is 0.245. The quantitative estimate of drug-likeness (QED) is 0.828. The molecule has 1 saturated heterocycles. The number of hydrogen-bond donors (Lipinski definition) is 1. The van der Waals surface area contributed by atoms with Crippen LogP contribution in [-0.4, -0.2) is 41.2 Å². The molecule has 0 aromatic heterocycles. The molecule has 1 atom stereocenters. The van der Waals surface area contributed by atoms with Crippen molar-refractivity contribution in [2.45, 2.75) is 39.3 Å². The number of benzene rings is 1. The van der Waals surface area contributed by atoms with E-state index in [2.05, 4.69) is 37.5 Å². The Morgan fingerprint density at radius 1 is 1.11 bits per heavy atom. The number of phenolic OH excluding ortho intramolecular Hbond substituents is 1. The fourth-order valence-electron chi connectivity index (χ4n) is 2.59. The fourth-order valence-corrected chi connectivity index (χ4v) is 2.59. The van der Waals surface area contributed by atoms with Crippen molar-refractivity contribution in [1.29, 1.82) is 0 Å². The molecule has 1 aromatic rings. The summed E-state index contributed by atoms with van der Waals surface area (Å²) in [6.45, 7) is 12.3. The van der Waals surface area contributed by atoms with Crippen LogP contribution >= 0.6 is 0 Å². The third-order valence-corrected chi connectivity index (χ3v) is 3.76. The summed E-state index contributed by atoms with van der Waals surface area (Å²) >= 11 is 0. The van der Waals surface area contributed by atoms with Gasteiger partial charge >= 0.3 is 0 Å². The summed E-state index contributed by atoms with van der Waals surface area (Å²) in [6, 6.07) is 8.02. The highest BCUT2D eigenvalue weighted by Crippen LogP contribution is 2.25. The first-order chi connectivity index (χ1) is 8.38. The van der Waals surface area contributed by atoms with Crippen LogP contribution < -0.4 is 4.90 Å². The van der Waals surface area contributed by atoms with Crippen LogP contribution in [-0.2, 0) is 0 Å². The summed E-state index contributed by atoms with van der Waals surface area (Å²) < 4.78 is 0. The fraction of sp³-hybridized carbons (Fsp3) is 0.600. The Hall–Kier alpha value is -1.22. The molecule has 0 spiro atoms. The lowest BCUT2D eigenvalue weighted by Crippen LogP contribution is -2.57. The molecule has 0 radical (unpaired) electrons. The lowest BCUT2D eigenvalue weighted by molar-refractivity contribution is 0.112. The average molecular weight is 248 g/mol. The number of anilines is 1. The molecule has 0 aliphatic carbocycles. The number of rotatable bonds is 1. The molecule has 1 unspecified atom stereocenters. The predicted molar refractivity (Wildman–Crippen MR) is 76.2 cm³/mol. The molecule has 2 rings (SSSR count). The molecular formula is C15H24N2O. The van der Waals surface area contributed by atoms with E-state index in [9.17, 15) is 5.11 Å². The molecule has 0 amide bonds. The van der Waals surface area contributed by atoms with Crippen LogP contribution in [0, 0.1) is 0 Å². The second-order valence-corrected chi connectivity index (χ2v) is 6.18. The Morgan fingerprint density at radius 2 is 1.72 bits per heavy atom. The van der Waals surface area contributed by atoms with Crippen molar-refractivity contribution >= 4 is 5.69 Å². The first kappa shape index (κ1) is 13.2. The van der Waals surface area contributed by atoms with E-state index in [1.165, 1.54) is 5.69 Å². The van der Waals surface area contributed by atoms with E-state index >= 15 is 0 Å². The Kier molecular flexibility index (Phi) is 3.53. The second-order valence-electron chi connectivity index (χ2n) is 6.18. The Balaban J connectivity index is 2.08. The van der Waals surface area contributed by atoms with Gasteiger partial charge in [0, 0.05) is 36.9 Å². The maximum atomic E-state index is 9.34. The van der Waals surface area contributed by atoms with Gasteiger partial charge in [0.15, 0.2) is 0 Å². The van der Waals surface area contributed by atoms with E-state index in [0.29, 0.717) is 11.8 Å². The lowest BCUT2D eigenvalue weighted by atomic mass is 10.0. The molecule has 0 bridgehead atoms. The van der Waals surface area contributed by atoms with E-state index in [4.69, 9.17) is 0 Å². The van der Waals surface area contributed by atoms with Gasteiger partial charge < -0.3 is 10.0 Å². The van der Waals surface area contributed by atoms with Gasteiger partial charge in [0.05, 0.1) is 0 Å². The van der Waals surface area contributed by atoms with Crippen molar-refractivity contribution in [3.63, 3.8) is 0 Å². The maximum Gasteiger partial charge on any atom is 0.115 e. The van der Waals surface area contributed by atoms with Gasteiger partial charge in [0.2, 0.25) is 0 Å². The largest absolute Gasteiger partial charge is 0.508 e. The highest BCUT2D eigenvalue weighted by Gasteiger charge is 2.30. The monoisotopic (exact) mass is 248 g/mol. The van der Waals surface area contributed by atoms with Crippen LogP contribution in [0.25, 0.3) is 0 Å². The normalized spacial score (nSPS) is 22.2. The van der Waals surface area contributed by atoms with E-state index in [1.54, 1.807) is 12.1 Å². The molecule has 1 fully saturated rings. The van der Waals surface area contributed by atoms with Crippen LogP contribution in [0.15, 0.2) is 24.3 Å². The van der Waals surface area contributed by atoms with Crippen molar-refractivity contribution in [3.05, 3.63) is 24.3 Å². The van der Waals surface area contributed by atoms with Crippen LogP contribution in [0.4, 0.5) is 5.69 Å². The van der Waals surface area contributed by atoms with E-state index < -0.39 is 0 Å². The second kappa shape index (κ2) is 4.81. The van der Waals surface area contributed by atoms with Gasteiger partial charge in [0.1, 0.15) is 5.75 Å². The first-order valence-electron chi connectivity index (χ1n) is 6.68. The van der Waals surface area contributed by atoms with Crippen LogP contribution in [0.5, 0.6) is 5.75 Å². The minimum Gasteiger partial charge on any atom is -0.508 e. The molecule has 1 N–H and O–H groups in total. The number of phenols is 1. The van der Waals surface area contributed by atoms with Crippen molar-refractivity contribution in [2.75, 3.05) is 24.5 Å². The topological polar surface area (TPSA) is 26.7 Å². The molecule has 3 nitrogen and oxygen atoms in total. The van der Waals surface area contributed by atoms with Gasteiger partial charge in [-0.2, -0.15) is 0 Å². The van der Waals surface area contributed by atoms with E-state index in [0.717, 1.165) is 19.6 Å². The van der Waals surface area contributed by atoms with Crippen molar-refractivity contribution < 1.29 is 5.11 Å². The molecule has 1 aromatic carbocycles. The zero-order valence-electron chi connectivity index (χ0n) is 11.8. The molecule has 0 saturated carbocycles. The smallest absolute Gasteiger partial charge is 0.115 e.